The molecule has 0 N–H and O–H groups in total. The first-order chi connectivity index (χ1) is 18.0. The summed E-state index contributed by atoms with van der Waals surface area (Å²) < 4.78 is 56.4. The normalized spacial score (nSPS) is 14.1. The summed E-state index contributed by atoms with van der Waals surface area (Å²) in [6, 6.07) is 7.01. The Morgan fingerprint density at radius 2 is 1.71 bits per heavy atom. The molecule has 38 heavy (non-hydrogen) atoms. The van der Waals surface area contributed by atoms with Gasteiger partial charge in [0.05, 0.1) is 18.7 Å². The van der Waals surface area contributed by atoms with Crippen molar-refractivity contribution in [3.05, 3.63) is 70.7 Å². The van der Waals surface area contributed by atoms with Crippen LogP contribution in [0.2, 0.25) is 0 Å². The van der Waals surface area contributed by atoms with Gasteiger partial charge in [0.25, 0.3) is 0 Å². The van der Waals surface area contributed by atoms with Gasteiger partial charge in [0.1, 0.15) is 28.2 Å². The van der Waals surface area contributed by atoms with E-state index in [2.05, 4.69) is 41.1 Å². The number of hydrogen-bond acceptors (Lipinski definition) is 9. The quantitative estimate of drug-likeness (QED) is 0.273. The minimum Gasteiger partial charge on any atom is -0.494 e. The second-order valence-electron chi connectivity index (χ2n) is 8.79. The minimum atomic E-state index is -4.16. The summed E-state index contributed by atoms with van der Waals surface area (Å²) in [7, 11) is -1.19. The highest BCUT2D eigenvalue weighted by atomic mass is 79.9. The van der Waals surface area contributed by atoms with E-state index in [4.69, 9.17) is 9.47 Å². The van der Waals surface area contributed by atoms with Crippen molar-refractivity contribution in [2.75, 3.05) is 14.2 Å². The molecule has 0 aliphatic carbocycles. The molecule has 2 atom stereocenters. The van der Waals surface area contributed by atoms with Gasteiger partial charge in [-0.2, -0.15) is 0 Å². The van der Waals surface area contributed by atoms with Crippen LogP contribution in [0.1, 0.15) is 31.1 Å². The Labute approximate surface area is 228 Å². The van der Waals surface area contributed by atoms with Gasteiger partial charge >= 0.3 is 0 Å². The summed E-state index contributed by atoms with van der Waals surface area (Å²) in [5.74, 6) is 0.297. The lowest BCUT2D eigenvalue weighted by molar-refractivity contribution is 0.174. The second-order valence-corrected chi connectivity index (χ2v) is 12.0. The van der Waals surface area contributed by atoms with E-state index in [1.165, 1.54) is 33.5 Å². The zero-order valence-electron chi connectivity index (χ0n) is 21.4. The van der Waals surface area contributed by atoms with Crippen LogP contribution in [0.25, 0.3) is 17.1 Å². The molecule has 0 aliphatic rings. The summed E-state index contributed by atoms with van der Waals surface area (Å²) in [5, 5.41) is 7.01. The van der Waals surface area contributed by atoms with Crippen LogP contribution in [0.3, 0.4) is 0 Å². The van der Waals surface area contributed by atoms with Crippen molar-refractivity contribution in [1.29, 1.82) is 0 Å². The summed E-state index contributed by atoms with van der Waals surface area (Å²) >= 11 is 3.20. The largest absolute Gasteiger partial charge is 0.494 e. The zero-order chi connectivity index (χ0) is 27.7. The maximum absolute atomic E-state index is 15.9. The molecule has 1 aromatic carbocycles. The number of rotatable bonds is 9. The maximum Gasteiger partial charge on any atom is 0.183 e. The van der Waals surface area contributed by atoms with E-state index in [-0.39, 0.29) is 11.6 Å². The number of pyridine rings is 1. The SMILES string of the molecule is COc1cccc(OC)c1-n1c(CS(=O)(=O)[C@@H](C)[C@@](C)(F)c2ncc(Br)cn2)nnc1-c1cncc(C)c1. The molecule has 4 rings (SSSR count). The van der Waals surface area contributed by atoms with E-state index in [0.29, 0.717) is 33.0 Å². The molecule has 10 nitrogen and oxygen atoms in total. The monoisotopic (exact) mass is 604 g/mol. The van der Waals surface area contributed by atoms with Crippen LogP contribution in [0, 0.1) is 6.92 Å². The molecule has 3 heterocycles. The highest BCUT2D eigenvalue weighted by Crippen LogP contribution is 2.38. The molecule has 0 spiro atoms. The highest BCUT2D eigenvalue weighted by molar-refractivity contribution is 9.10. The summed E-state index contributed by atoms with van der Waals surface area (Å²) in [6.45, 7) is 4.31. The third kappa shape index (κ3) is 5.25. The Hall–Kier alpha value is -3.45. The van der Waals surface area contributed by atoms with E-state index in [1.54, 1.807) is 35.2 Å². The van der Waals surface area contributed by atoms with Gasteiger partial charge in [-0.1, -0.05) is 6.07 Å². The standard InChI is InChI=1S/C25H26BrFN6O4S/c1-15-9-17(11-28-10-15)23-32-31-21(33(23)22-19(36-4)7-6-8-20(22)37-5)14-38(34,35)16(2)25(3,27)24-29-12-18(26)13-30-24/h6-13,16H,14H2,1-5H3/t16-,25+/m0/s1. The van der Waals surface area contributed by atoms with Crippen LogP contribution in [0.4, 0.5) is 4.39 Å². The smallest absolute Gasteiger partial charge is 0.183 e. The average molecular weight is 605 g/mol. The average Bonchev–Trinajstić information content (AvgIpc) is 3.30. The van der Waals surface area contributed by atoms with Crippen molar-refractivity contribution in [2.45, 2.75) is 37.4 Å². The maximum atomic E-state index is 15.9. The molecule has 0 amide bonds. The van der Waals surface area contributed by atoms with Gasteiger partial charge in [-0.15, -0.1) is 10.2 Å². The third-order valence-electron chi connectivity index (χ3n) is 6.18. The molecule has 0 aliphatic heterocycles. The Kier molecular flexibility index (Phi) is 7.79. The molecule has 0 bridgehead atoms. The first-order valence-corrected chi connectivity index (χ1v) is 14.0. The number of para-hydroxylation sites is 1. The van der Waals surface area contributed by atoms with Crippen LogP contribution >= 0.6 is 15.9 Å². The van der Waals surface area contributed by atoms with E-state index in [1.807, 2.05) is 13.0 Å². The van der Waals surface area contributed by atoms with Crippen LogP contribution in [0.5, 0.6) is 11.5 Å². The van der Waals surface area contributed by atoms with Crippen molar-refractivity contribution in [3.8, 4) is 28.6 Å². The lowest BCUT2D eigenvalue weighted by Crippen LogP contribution is -2.39. The first kappa shape index (κ1) is 27.6. The van der Waals surface area contributed by atoms with E-state index < -0.39 is 26.5 Å². The van der Waals surface area contributed by atoms with Crippen LogP contribution in [-0.2, 0) is 21.3 Å². The van der Waals surface area contributed by atoms with Crippen LogP contribution in [-0.4, -0.2) is 57.6 Å². The molecule has 0 fully saturated rings. The highest BCUT2D eigenvalue weighted by Gasteiger charge is 2.44. The molecular formula is C25H26BrFN6O4S. The van der Waals surface area contributed by atoms with Crippen molar-refractivity contribution in [1.82, 2.24) is 29.7 Å². The van der Waals surface area contributed by atoms with Gasteiger partial charge in [-0.3, -0.25) is 9.55 Å². The van der Waals surface area contributed by atoms with Crippen molar-refractivity contribution in [2.24, 2.45) is 0 Å². The molecule has 3 aromatic heterocycles. The molecule has 0 unspecified atom stereocenters. The Morgan fingerprint density at radius 1 is 1.08 bits per heavy atom. The Morgan fingerprint density at radius 3 is 2.29 bits per heavy atom. The summed E-state index contributed by atoms with van der Waals surface area (Å²) in [4.78, 5) is 12.2. The molecule has 13 heteroatoms. The van der Waals surface area contributed by atoms with Crippen LogP contribution < -0.4 is 9.47 Å². The topological polar surface area (TPSA) is 122 Å². The minimum absolute atomic E-state index is 0.0451. The summed E-state index contributed by atoms with van der Waals surface area (Å²) in [5.41, 5.74) is -0.512. The van der Waals surface area contributed by atoms with Crippen molar-refractivity contribution >= 4 is 25.8 Å². The van der Waals surface area contributed by atoms with E-state index in [9.17, 15) is 8.42 Å². The third-order valence-corrected chi connectivity index (χ3v) is 8.77. The van der Waals surface area contributed by atoms with Crippen molar-refractivity contribution in [3.63, 3.8) is 0 Å². The number of aromatic nitrogens is 6. The van der Waals surface area contributed by atoms with Crippen LogP contribution in [0.15, 0.2) is 53.5 Å². The molecule has 0 saturated carbocycles. The number of alkyl halides is 1. The van der Waals surface area contributed by atoms with E-state index >= 15 is 4.39 Å². The van der Waals surface area contributed by atoms with Gasteiger partial charge in [0.2, 0.25) is 0 Å². The number of methoxy groups -OCH3 is 2. The molecule has 0 radical (unpaired) electrons. The fourth-order valence-corrected chi connectivity index (χ4v) is 5.73. The second kappa shape index (κ2) is 10.7. The first-order valence-electron chi connectivity index (χ1n) is 11.5. The zero-order valence-corrected chi connectivity index (χ0v) is 23.8. The van der Waals surface area contributed by atoms with E-state index in [0.717, 1.165) is 12.5 Å². The van der Waals surface area contributed by atoms with Gasteiger partial charge in [-0.25, -0.2) is 22.8 Å². The summed E-state index contributed by atoms with van der Waals surface area (Å²) in [6.07, 6.45) is 6.02. The Balaban J connectivity index is 1.86. The molecular weight excluding hydrogens is 579 g/mol. The Bertz CT molecular complexity index is 1540. The predicted molar refractivity (Wildman–Crippen MR) is 143 cm³/mol. The number of hydrogen-bond donors (Lipinski definition) is 0. The number of aryl methyl sites for hydroxylation is 1. The van der Waals surface area contributed by atoms with Gasteiger partial charge in [-0.05, 0) is 60.5 Å². The number of ether oxygens (including phenoxy) is 2. The fraction of sp³-hybridized carbons (Fsp3) is 0.320. The molecule has 0 saturated heterocycles. The number of benzene rings is 1. The molecule has 4 aromatic rings. The fourth-order valence-electron chi connectivity index (χ4n) is 3.95. The van der Waals surface area contributed by atoms with Gasteiger partial charge in [0, 0.05) is 30.4 Å². The lowest BCUT2D eigenvalue weighted by atomic mass is 10.0. The van der Waals surface area contributed by atoms with Crippen molar-refractivity contribution < 1.29 is 22.3 Å². The number of halogens is 2. The van der Waals surface area contributed by atoms with Gasteiger partial charge in [0.15, 0.2) is 33.0 Å². The van der Waals surface area contributed by atoms with Gasteiger partial charge < -0.3 is 9.47 Å². The number of nitrogens with zero attached hydrogens (tertiary/aromatic N) is 6. The number of sulfone groups is 1. The molecule has 200 valence electrons. The predicted octanol–water partition coefficient (Wildman–Crippen LogP) is 4.40. The lowest BCUT2D eigenvalue weighted by Gasteiger charge is -2.26.